The molecule has 6 heterocycles. The Hall–Kier alpha value is -4.45. The van der Waals surface area contributed by atoms with Crippen LogP contribution in [0.2, 0.25) is 0 Å². The van der Waals surface area contributed by atoms with Gasteiger partial charge in [0.2, 0.25) is 5.91 Å². The SMILES string of the molecule is C=C(C)C(=O)N1CCC2(CCCN(c3ccc(-c4cc(-c5cnn(C)c5)cn5ncc(C#N)c45)cn3)C2)C1. The van der Waals surface area contributed by atoms with Crippen LogP contribution in [0.1, 0.15) is 31.7 Å². The number of nitrogens with zero attached hydrogens (tertiary/aromatic N) is 8. The van der Waals surface area contributed by atoms with Crippen molar-refractivity contribution in [3.63, 3.8) is 0 Å². The molecule has 6 rings (SSSR count). The summed E-state index contributed by atoms with van der Waals surface area (Å²) >= 11 is 0. The topological polar surface area (TPSA) is 95.4 Å². The minimum absolute atomic E-state index is 0.0675. The second-order valence-corrected chi connectivity index (χ2v) is 10.7. The molecule has 2 aliphatic rings. The van der Waals surface area contributed by atoms with Crippen molar-refractivity contribution in [2.45, 2.75) is 26.2 Å². The lowest BCUT2D eigenvalue weighted by atomic mass is 9.79. The number of nitriles is 1. The second-order valence-electron chi connectivity index (χ2n) is 10.7. The van der Waals surface area contributed by atoms with Gasteiger partial charge in [-0.3, -0.25) is 9.48 Å². The lowest BCUT2D eigenvalue weighted by Crippen LogP contribution is -2.45. The number of aromatic nitrogens is 5. The predicted octanol–water partition coefficient (Wildman–Crippen LogP) is 4.06. The Morgan fingerprint density at radius 1 is 1.05 bits per heavy atom. The van der Waals surface area contributed by atoms with E-state index in [0.29, 0.717) is 11.1 Å². The third kappa shape index (κ3) is 4.12. The van der Waals surface area contributed by atoms with Crippen molar-refractivity contribution in [1.82, 2.24) is 29.3 Å². The number of aryl methyl sites for hydroxylation is 1. The summed E-state index contributed by atoms with van der Waals surface area (Å²) in [6, 6.07) is 8.49. The highest BCUT2D eigenvalue weighted by molar-refractivity contribution is 5.92. The molecule has 0 N–H and O–H groups in total. The maximum Gasteiger partial charge on any atom is 0.248 e. The molecule has 9 nitrogen and oxygen atoms in total. The molecule has 1 amide bonds. The van der Waals surface area contributed by atoms with E-state index in [0.717, 1.165) is 79.0 Å². The number of rotatable bonds is 4. The van der Waals surface area contributed by atoms with Gasteiger partial charge in [0.05, 0.1) is 23.5 Å². The van der Waals surface area contributed by atoms with Crippen LogP contribution in [0.4, 0.5) is 5.82 Å². The first-order chi connectivity index (χ1) is 18.4. The summed E-state index contributed by atoms with van der Waals surface area (Å²) in [5.74, 6) is 1.00. The molecule has 38 heavy (non-hydrogen) atoms. The molecule has 2 saturated heterocycles. The van der Waals surface area contributed by atoms with Crippen LogP contribution < -0.4 is 4.90 Å². The fraction of sp³-hybridized carbons (Fsp3) is 0.345. The normalized spacial score (nSPS) is 19.3. The van der Waals surface area contributed by atoms with Crippen molar-refractivity contribution in [2.75, 3.05) is 31.1 Å². The molecule has 0 aromatic carbocycles. The van der Waals surface area contributed by atoms with Crippen molar-refractivity contribution in [1.29, 1.82) is 5.26 Å². The lowest BCUT2D eigenvalue weighted by molar-refractivity contribution is -0.126. The summed E-state index contributed by atoms with van der Waals surface area (Å²) < 4.78 is 3.53. The van der Waals surface area contributed by atoms with Crippen molar-refractivity contribution < 1.29 is 4.79 Å². The Morgan fingerprint density at radius 3 is 2.63 bits per heavy atom. The molecule has 1 atom stereocenters. The first-order valence-corrected chi connectivity index (χ1v) is 12.9. The van der Waals surface area contributed by atoms with Gasteiger partial charge < -0.3 is 9.80 Å². The minimum Gasteiger partial charge on any atom is -0.356 e. The van der Waals surface area contributed by atoms with Gasteiger partial charge >= 0.3 is 0 Å². The third-order valence-electron chi connectivity index (χ3n) is 7.91. The third-order valence-corrected chi connectivity index (χ3v) is 7.91. The van der Waals surface area contributed by atoms with Crippen LogP contribution in [0, 0.1) is 16.7 Å². The van der Waals surface area contributed by atoms with E-state index >= 15 is 0 Å². The van der Waals surface area contributed by atoms with Gasteiger partial charge in [0.25, 0.3) is 0 Å². The predicted molar refractivity (Wildman–Crippen MR) is 145 cm³/mol. The number of piperidine rings is 1. The number of amides is 1. The maximum absolute atomic E-state index is 12.5. The number of hydrogen-bond acceptors (Lipinski definition) is 6. The van der Waals surface area contributed by atoms with E-state index < -0.39 is 0 Å². The van der Waals surface area contributed by atoms with E-state index in [2.05, 4.69) is 45.9 Å². The molecule has 2 fully saturated rings. The quantitative estimate of drug-likeness (QED) is 0.388. The molecule has 4 aromatic rings. The van der Waals surface area contributed by atoms with Crippen LogP contribution >= 0.6 is 0 Å². The molecule has 0 aliphatic carbocycles. The summed E-state index contributed by atoms with van der Waals surface area (Å²) in [5.41, 5.74) is 5.76. The molecule has 192 valence electrons. The molecule has 0 radical (unpaired) electrons. The zero-order valence-corrected chi connectivity index (χ0v) is 21.8. The van der Waals surface area contributed by atoms with Gasteiger partial charge in [0.15, 0.2) is 0 Å². The van der Waals surface area contributed by atoms with Crippen LogP contribution in [-0.2, 0) is 11.8 Å². The van der Waals surface area contributed by atoms with Gasteiger partial charge in [-0.2, -0.15) is 15.5 Å². The highest BCUT2D eigenvalue weighted by Crippen LogP contribution is 2.41. The Morgan fingerprint density at radius 2 is 1.92 bits per heavy atom. The second kappa shape index (κ2) is 9.14. The summed E-state index contributed by atoms with van der Waals surface area (Å²) in [6.45, 7) is 9.04. The smallest absolute Gasteiger partial charge is 0.248 e. The van der Waals surface area contributed by atoms with E-state index in [1.807, 2.05) is 36.7 Å². The first kappa shape index (κ1) is 23.9. The van der Waals surface area contributed by atoms with Gasteiger partial charge in [-0.25, -0.2) is 9.50 Å². The standard InChI is InChI=1S/C29H30N8O/c1-20(2)28(38)36-10-8-29(19-36)7-4-9-35(18-29)26-6-5-21(13-31-26)25-11-22(24-15-32-34(3)16-24)17-37-27(25)23(12-30)14-33-37/h5-6,11,13-17H,1,4,7-10,18-19H2,2-3H3. The van der Waals surface area contributed by atoms with Gasteiger partial charge in [0.1, 0.15) is 11.9 Å². The summed E-state index contributed by atoms with van der Waals surface area (Å²) in [5, 5.41) is 18.5. The van der Waals surface area contributed by atoms with Gasteiger partial charge in [-0.1, -0.05) is 6.58 Å². The van der Waals surface area contributed by atoms with Crippen molar-refractivity contribution in [3.8, 4) is 28.3 Å². The number of anilines is 1. The molecule has 0 saturated carbocycles. The maximum atomic E-state index is 12.5. The minimum atomic E-state index is 0.0675. The zero-order valence-electron chi connectivity index (χ0n) is 21.8. The molecule has 0 bridgehead atoms. The van der Waals surface area contributed by atoms with Crippen molar-refractivity contribution >= 4 is 17.2 Å². The van der Waals surface area contributed by atoms with Gasteiger partial charge in [-0.05, 0) is 44.4 Å². The average molecular weight is 507 g/mol. The van der Waals surface area contributed by atoms with Crippen molar-refractivity contribution in [3.05, 3.63) is 66.9 Å². The lowest BCUT2D eigenvalue weighted by Gasteiger charge is -2.41. The highest BCUT2D eigenvalue weighted by Gasteiger charge is 2.43. The number of carbonyl (C=O) groups excluding carboxylic acids is 1. The van der Waals surface area contributed by atoms with Crippen LogP contribution in [0.25, 0.3) is 27.8 Å². The number of pyridine rings is 2. The molecular formula is C29H30N8O. The van der Waals surface area contributed by atoms with Crippen LogP contribution in [-0.4, -0.2) is 61.4 Å². The fourth-order valence-electron chi connectivity index (χ4n) is 6.00. The number of fused-ring (bicyclic) bond motifs is 1. The first-order valence-electron chi connectivity index (χ1n) is 12.9. The van der Waals surface area contributed by atoms with E-state index in [4.69, 9.17) is 4.98 Å². The van der Waals surface area contributed by atoms with E-state index in [1.54, 1.807) is 22.3 Å². The summed E-state index contributed by atoms with van der Waals surface area (Å²) in [4.78, 5) is 21.7. The van der Waals surface area contributed by atoms with Crippen LogP contribution in [0.15, 0.2) is 61.3 Å². The largest absolute Gasteiger partial charge is 0.356 e. The molecule has 9 heteroatoms. The molecular weight excluding hydrogens is 476 g/mol. The molecule has 2 aliphatic heterocycles. The van der Waals surface area contributed by atoms with E-state index in [1.165, 1.54) is 0 Å². The fourth-order valence-corrected chi connectivity index (χ4v) is 6.00. The number of likely N-dealkylation sites (tertiary alicyclic amines) is 1. The average Bonchev–Trinajstić information content (AvgIpc) is 3.66. The Bertz CT molecular complexity index is 1590. The molecule has 1 unspecified atom stereocenters. The van der Waals surface area contributed by atoms with E-state index in [9.17, 15) is 10.1 Å². The van der Waals surface area contributed by atoms with Crippen molar-refractivity contribution in [2.24, 2.45) is 12.5 Å². The zero-order chi connectivity index (χ0) is 26.4. The van der Waals surface area contributed by atoms with Gasteiger partial charge in [0, 0.05) is 85.1 Å². The van der Waals surface area contributed by atoms with Crippen LogP contribution in [0.3, 0.4) is 0 Å². The van der Waals surface area contributed by atoms with E-state index in [-0.39, 0.29) is 11.3 Å². The monoisotopic (exact) mass is 506 g/mol. The van der Waals surface area contributed by atoms with Crippen LogP contribution in [0.5, 0.6) is 0 Å². The Balaban J connectivity index is 1.30. The number of hydrogen-bond donors (Lipinski definition) is 0. The Labute approximate surface area is 221 Å². The molecule has 4 aromatic heterocycles. The number of carbonyl (C=O) groups is 1. The highest BCUT2D eigenvalue weighted by atomic mass is 16.2. The summed E-state index contributed by atoms with van der Waals surface area (Å²) in [7, 11) is 1.89. The van der Waals surface area contributed by atoms with Gasteiger partial charge in [-0.15, -0.1) is 0 Å². The molecule has 1 spiro atoms. The summed E-state index contributed by atoms with van der Waals surface area (Å²) in [6.07, 6.45) is 12.4. The Kier molecular flexibility index (Phi) is 5.75.